The van der Waals surface area contributed by atoms with Gasteiger partial charge in [0.25, 0.3) is 5.91 Å². The van der Waals surface area contributed by atoms with Gasteiger partial charge in [-0.15, -0.1) is 0 Å². The lowest BCUT2D eigenvalue weighted by Crippen LogP contribution is -2.42. The molecule has 1 heterocycles. The van der Waals surface area contributed by atoms with Gasteiger partial charge in [0, 0.05) is 13.1 Å². The van der Waals surface area contributed by atoms with Gasteiger partial charge in [0.05, 0.1) is 22.3 Å². The van der Waals surface area contributed by atoms with E-state index in [1.54, 1.807) is 47.4 Å². The minimum absolute atomic E-state index is 0.107. The van der Waals surface area contributed by atoms with Crippen LogP contribution in [0.2, 0.25) is 0 Å². The molecule has 6 heteroatoms. The maximum atomic E-state index is 12.8. The highest BCUT2D eigenvalue weighted by Crippen LogP contribution is 2.27. The molecule has 0 unspecified atom stereocenters. The number of piperidine rings is 1. The van der Waals surface area contributed by atoms with Gasteiger partial charge >= 0.3 is 0 Å². The molecule has 138 valence electrons. The van der Waals surface area contributed by atoms with E-state index in [0.717, 1.165) is 0 Å². The zero-order chi connectivity index (χ0) is 18.6. The van der Waals surface area contributed by atoms with E-state index in [-0.39, 0.29) is 5.91 Å². The summed E-state index contributed by atoms with van der Waals surface area (Å²) in [7, 11) is -3.36. The number of rotatable bonds is 5. The smallest absolute Gasteiger partial charge is 0.257 e. The Bertz CT molecular complexity index is 856. The topological polar surface area (TPSA) is 63.7 Å². The first-order valence-electron chi connectivity index (χ1n) is 8.84. The fourth-order valence-electron chi connectivity index (χ4n) is 3.27. The largest absolute Gasteiger partial charge is 0.493 e. The molecular formula is C20H23NO4S. The Hall–Kier alpha value is -2.34. The molecule has 1 aliphatic rings. The monoisotopic (exact) mass is 373 g/mol. The van der Waals surface area contributed by atoms with Crippen LogP contribution in [-0.2, 0) is 9.84 Å². The highest BCUT2D eigenvalue weighted by Gasteiger charge is 2.33. The van der Waals surface area contributed by atoms with Gasteiger partial charge in [0.1, 0.15) is 5.75 Å². The van der Waals surface area contributed by atoms with Crippen LogP contribution in [-0.4, -0.2) is 44.2 Å². The van der Waals surface area contributed by atoms with Crippen molar-refractivity contribution in [2.45, 2.75) is 29.9 Å². The number of nitrogens with zero attached hydrogens (tertiary/aromatic N) is 1. The average Bonchev–Trinajstić information content (AvgIpc) is 2.69. The summed E-state index contributed by atoms with van der Waals surface area (Å²) < 4.78 is 31.0. The number of carbonyl (C=O) groups excluding carboxylic acids is 1. The molecule has 0 bridgehead atoms. The molecule has 0 aromatic heterocycles. The zero-order valence-electron chi connectivity index (χ0n) is 14.8. The Morgan fingerprint density at radius 1 is 1.04 bits per heavy atom. The van der Waals surface area contributed by atoms with Crippen LogP contribution in [0, 0.1) is 0 Å². The van der Waals surface area contributed by atoms with Crippen LogP contribution in [0.5, 0.6) is 5.75 Å². The second-order valence-corrected chi connectivity index (χ2v) is 8.51. The van der Waals surface area contributed by atoms with Crippen LogP contribution in [0.15, 0.2) is 59.5 Å². The third-order valence-electron chi connectivity index (χ3n) is 4.66. The van der Waals surface area contributed by atoms with E-state index in [1.807, 2.05) is 19.1 Å². The summed E-state index contributed by atoms with van der Waals surface area (Å²) in [6.45, 7) is 3.22. The molecule has 0 atom stereocenters. The number of likely N-dealkylation sites (tertiary alicyclic amines) is 1. The normalized spacial score (nSPS) is 15.7. The summed E-state index contributed by atoms with van der Waals surface area (Å²) in [5, 5.41) is -0.448. The highest BCUT2D eigenvalue weighted by molar-refractivity contribution is 7.92. The minimum Gasteiger partial charge on any atom is -0.493 e. The summed E-state index contributed by atoms with van der Waals surface area (Å²) in [6.07, 6.45) is 0.888. The third kappa shape index (κ3) is 3.75. The van der Waals surface area contributed by atoms with Crippen LogP contribution >= 0.6 is 0 Å². The summed E-state index contributed by atoms with van der Waals surface area (Å²) in [4.78, 5) is 14.9. The zero-order valence-corrected chi connectivity index (χ0v) is 15.6. The van der Waals surface area contributed by atoms with Crippen molar-refractivity contribution in [2.24, 2.45) is 0 Å². The number of amides is 1. The van der Waals surface area contributed by atoms with E-state index in [0.29, 0.717) is 48.7 Å². The molecule has 1 aliphatic heterocycles. The Morgan fingerprint density at radius 2 is 1.65 bits per heavy atom. The maximum absolute atomic E-state index is 12.8. The van der Waals surface area contributed by atoms with Gasteiger partial charge in [-0.25, -0.2) is 8.42 Å². The van der Waals surface area contributed by atoms with Crippen LogP contribution < -0.4 is 4.74 Å². The molecule has 2 aromatic rings. The second kappa shape index (κ2) is 7.91. The standard InChI is InChI=1S/C20H23NO4S/c1-2-25-19-11-7-6-10-18(19)20(22)21-14-12-17(13-15-21)26(23,24)16-8-4-3-5-9-16/h3-11,17H,2,12-15H2,1H3. The summed E-state index contributed by atoms with van der Waals surface area (Å²) in [6, 6.07) is 15.7. The fourth-order valence-corrected chi connectivity index (χ4v) is 5.02. The third-order valence-corrected chi connectivity index (χ3v) is 6.94. The Balaban J connectivity index is 1.70. The van der Waals surface area contributed by atoms with Gasteiger partial charge in [-0.2, -0.15) is 0 Å². The number of ether oxygens (including phenoxy) is 1. The molecule has 0 aliphatic carbocycles. The fraction of sp³-hybridized carbons (Fsp3) is 0.350. The molecule has 26 heavy (non-hydrogen) atoms. The average molecular weight is 373 g/mol. The lowest BCUT2D eigenvalue weighted by atomic mass is 10.1. The highest BCUT2D eigenvalue weighted by atomic mass is 32.2. The first kappa shape index (κ1) is 18.5. The predicted molar refractivity (Wildman–Crippen MR) is 100 cm³/mol. The molecule has 1 saturated heterocycles. The number of carbonyl (C=O) groups is 1. The molecule has 2 aromatic carbocycles. The Labute approximate surface area is 154 Å². The van der Waals surface area contributed by atoms with E-state index in [2.05, 4.69) is 0 Å². The van der Waals surface area contributed by atoms with Crippen molar-refractivity contribution in [1.82, 2.24) is 4.90 Å². The van der Waals surface area contributed by atoms with Gasteiger partial charge in [0.2, 0.25) is 0 Å². The van der Waals surface area contributed by atoms with Crippen molar-refractivity contribution >= 4 is 15.7 Å². The number of para-hydroxylation sites is 1. The molecule has 0 saturated carbocycles. The lowest BCUT2D eigenvalue weighted by Gasteiger charge is -2.32. The lowest BCUT2D eigenvalue weighted by molar-refractivity contribution is 0.0721. The molecule has 1 fully saturated rings. The number of sulfone groups is 1. The van der Waals surface area contributed by atoms with Crippen molar-refractivity contribution in [3.8, 4) is 5.75 Å². The van der Waals surface area contributed by atoms with Crippen molar-refractivity contribution in [1.29, 1.82) is 0 Å². The van der Waals surface area contributed by atoms with E-state index >= 15 is 0 Å². The van der Waals surface area contributed by atoms with Crippen LogP contribution in [0.3, 0.4) is 0 Å². The quantitative estimate of drug-likeness (QED) is 0.808. The van der Waals surface area contributed by atoms with Crippen LogP contribution in [0.25, 0.3) is 0 Å². The summed E-state index contributed by atoms with van der Waals surface area (Å²) in [5.41, 5.74) is 0.527. The first-order valence-corrected chi connectivity index (χ1v) is 10.4. The van der Waals surface area contributed by atoms with Crippen LogP contribution in [0.1, 0.15) is 30.1 Å². The molecule has 1 amide bonds. The molecule has 0 spiro atoms. The first-order chi connectivity index (χ1) is 12.5. The molecule has 3 rings (SSSR count). The van der Waals surface area contributed by atoms with E-state index < -0.39 is 15.1 Å². The number of hydrogen-bond acceptors (Lipinski definition) is 4. The number of hydrogen-bond donors (Lipinski definition) is 0. The van der Waals surface area contributed by atoms with Gasteiger partial charge in [-0.05, 0) is 44.0 Å². The molecule has 5 nitrogen and oxygen atoms in total. The second-order valence-electron chi connectivity index (χ2n) is 6.28. The van der Waals surface area contributed by atoms with Gasteiger partial charge in [0.15, 0.2) is 9.84 Å². The van der Waals surface area contributed by atoms with Crippen LogP contribution in [0.4, 0.5) is 0 Å². The summed E-state index contributed by atoms with van der Waals surface area (Å²) in [5.74, 6) is 0.462. The molecular weight excluding hydrogens is 350 g/mol. The van der Waals surface area contributed by atoms with E-state index in [1.165, 1.54) is 0 Å². The maximum Gasteiger partial charge on any atom is 0.257 e. The van der Waals surface area contributed by atoms with Crippen molar-refractivity contribution in [2.75, 3.05) is 19.7 Å². The van der Waals surface area contributed by atoms with Gasteiger partial charge in [-0.3, -0.25) is 4.79 Å². The van der Waals surface area contributed by atoms with Crippen molar-refractivity contribution in [3.63, 3.8) is 0 Å². The minimum atomic E-state index is -3.36. The summed E-state index contributed by atoms with van der Waals surface area (Å²) >= 11 is 0. The molecule has 0 N–H and O–H groups in total. The number of benzene rings is 2. The van der Waals surface area contributed by atoms with Gasteiger partial charge in [-0.1, -0.05) is 30.3 Å². The Kier molecular flexibility index (Phi) is 5.61. The Morgan fingerprint density at radius 3 is 2.31 bits per heavy atom. The van der Waals surface area contributed by atoms with Crippen molar-refractivity contribution < 1.29 is 17.9 Å². The predicted octanol–water partition coefficient (Wildman–Crippen LogP) is 3.16. The SMILES string of the molecule is CCOc1ccccc1C(=O)N1CCC(S(=O)(=O)c2ccccc2)CC1. The van der Waals surface area contributed by atoms with E-state index in [9.17, 15) is 13.2 Å². The van der Waals surface area contributed by atoms with Gasteiger partial charge < -0.3 is 9.64 Å². The van der Waals surface area contributed by atoms with Crippen molar-refractivity contribution in [3.05, 3.63) is 60.2 Å². The van der Waals surface area contributed by atoms with E-state index in [4.69, 9.17) is 4.74 Å². The molecule has 0 radical (unpaired) electrons.